The van der Waals surface area contributed by atoms with Crippen LogP contribution in [0.4, 0.5) is 0 Å². The molecule has 1 aromatic heterocycles. The molecule has 3 amide bonds. The standard InChI is InChI=1S/C24H33N5O7S/c1-12(2)20(29-21(32)15(25)11-37)23(34)27-17(7-8-19(30)31)22(33)28-18(24(35)36)9-13-10-26-16-6-4-3-5-14(13)16/h3-6,10,12,15,17-18,20,26,37H,7-9,11,25H2,1-2H3,(H,27,34)(H,28,33)(H,29,32)(H,30,31)(H,35,36). The van der Waals surface area contributed by atoms with Crippen LogP contribution in [-0.2, 0) is 30.4 Å². The number of fused-ring (bicyclic) bond motifs is 1. The summed E-state index contributed by atoms with van der Waals surface area (Å²) in [6.45, 7) is 3.34. The fraction of sp³-hybridized carbons (Fsp3) is 0.458. The maximum atomic E-state index is 13.1. The van der Waals surface area contributed by atoms with E-state index in [1.165, 1.54) is 0 Å². The minimum Gasteiger partial charge on any atom is -0.481 e. The summed E-state index contributed by atoms with van der Waals surface area (Å²) in [6, 6.07) is 2.56. The monoisotopic (exact) mass is 535 g/mol. The molecule has 0 bridgehead atoms. The Morgan fingerprint density at radius 1 is 0.973 bits per heavy atom. The minimum atomic E-state index is -1.36. The van der Waals surface area contributed by atoms with E-state index < -0.39 is 66.2 Å². The van der Waals surface area contributed by atoms with Gasteiger partial charge in [0.05, 0.1) is 6.04 Å². The molecule has 0 saturated carbocycles. The number of amides is 3. The summed E-state index contributed by atoms with van der Waals surface area (Å²) in [7, 11) is 0. The van der Waals surface area contributed by atoms with Gasteiger partial charge >= 0.3 is 11.9 Å². The Bertz CT molecular complexity index is 1140. The minimum absolute atomic E-state index is 0.0447. The number of carbonyl (C=O) groups excluding carboxylic acids is 3. The van der Waals surface area contributed by atoms with E-state index in [9.17, 15) is 29.1 Å². The first-order valence-corrected chi connectivity index (χ1v) is 12.3. The fourth-order valence-electron chi connectivity index (χ4n) is 3.67. The third kappa shape index (κ3) is 8.50. The average molecular weight is 536 g/mol. The Morgan fingerprint density at radius 3 is 2.22 bits per heavy atom. The number of carboxylic acids is 2. The molecule has 202 valence electrons. The second-order valence-electron chi connectivity index (χ2n) is 8.98. The van der Waals surface area contributed by atoms with Crippen LogP contribution in [0.1, 0.15) is 32.3 Å². The maximum absolute atomic E-state index is 13.1. The molecule has 4 atom stereocenters. The van der Waals surface area contributed by atoms with Crippen LogP contribution in [0.15, 0.2) is 30.5 Å². The SMILES string of the molecule is CC(C)C(NC(=O)C(N)CS)C(=O)NC(CCC(=O)O)C(=O)NC(Cc1c[nH]c2ccccc12)C(=O)O. The van der Waals surface area contributed by atoms with Crippen LogP contribution < -0.4 is 21.7 Å². The normalized spacial score (nSPS) is 14.4. The zero-order valence-electron chi connectivity index (χ0n) is 20.6. The van der Waals surface area contributed by atoms with Gasteiger partial charge in [0.1, 0.15) is 18.1 Å². The number of carboxylic acid groups (broad SMARTS) is 2. The third-order valence-corrected chi connectivity index (χ3v) is 6.17. The van der Waals surface area contributed by atoms with Crippen molar-refractivity contribution in [1.29, 1.82) is 0 Å². The molecule has 1 aromatic carbocycles. The zero-order valence-corrected chi connectivity index (χ0v) is 21.5. The fourth-order valence-corrected chi connectivity index (χ4v) is 3.83. The zero-order chi connectivity index (χ0) is 27.7. The summed E-state index contributed by atoms with van der Waals surface area (Å²) in [5.74, 6) is -5.04. The Balaban J connectivity index is 2.19. The van der Waals surface area contributed by atoms with Crippen molar-refractivity contribution in [1.82, 2.24) is 20.9 Å². The molecule has 0 saturated heterocycles. The van der Waals surface area contributed by atoms with Gasteiger partial charge in [-0.1, -0.05) is 32.0 Å². The summed E-state index contributed by atoms with van der Waals surface area (Å²) >= 11 is 3.96. The van der Waals surface area contributed by atoms with Crippen LogP contribution in [0.2, 0.25) is 0 Å². The summed E-state index contributed by atoms with van der Waals surface area (Å²) < 4.78 is 0. The van der Waals surface area contributed by atoms with Crippen LogP contribution in [0.3, 0.4) is 0 Å². The van der Waals surface area contributed by atoms with Gasteiger partial charge in [0.2, 0.25) is 17.7 Å². The molecule has 1 heterocycles. The predicted molar refractivity (Wildman–Crippen MR) is 139 cm³/mol. The molecule has 0 fully saturated rings. The maximum Gasteiger partial charge on any atom is 0.326 e. The highest BCUT2D eigenvalue weighted by Crippen LogP contribution is 2.19. The van der Waals surface area contributed by atoms with Gasteiger partial charge in [0.25, 0.3) is 0 Å². The summed E-state index contributed by atoms with van der Waals surface area (Å²) in [4.78, 5) is 64.4. The molecule has 0 aliphatic rings. The Hall–Kier alpha value is -3.58. The Kier molecular flexibility index (Phi) is 10.9. The van der Waals surface area contributed by atoms with E-state index in [-0.39, 0.29) is 18.6 Å². The molecule has 37 heavy (non-hydrogen) atoms. The highest BCUT2D eigenvalue weighted by Gasteiger charge is 2.32. The third-order valence-electron chi connectivity index (χ3n) is 5.77. The largest absolute Gasteiger partial charge is 0.481 e. The van der Waals surface area contributed by atoms with E-state index >= 15 is 0 Å². The first kappa shape index (κ1) is 29.6. The number of H-pyrrole nitrogens is 1. The molecule has 0 aliphatic heterocycles. The van der Waals surface area contributed by atoms with Crippen LogP contribution in [-0.4, -0.2) is 74.8 Å². The van der Waals surface area contributed by atoms with Crippen LogP contribution in [0.25, 0.3) is 10.9 Å². The molecule has 2 aromatic rings. The van der Waals surface area contributed by atoms with Gasteiger partial charge in [-0.3, -0.25) is 19.2 Å². The first-order chi connectivity index (χ1) is 17.4. The van der Waals surface area contributed by atoms with Crippen molar-refractivity contribution in [3.8, 4) is 0 Å². The number of hydrogen-bond donors (Lipinski definition) is 8. The topological polar surface area (TPSA) is 204 Å². The van der Waals surface area contributed by atoms with Crippen molar-refractivity contribution in [2.45, 2.75) is 57.3 Å². The van der Waals surface area contributed by atoms with Gasteiger partial charge in [0.15, 0.2) is 0 Å². The summed E-state index contributed by atoms with van der Waals surface area (Å²) in [5.41, 5.74) is 7.13. The number of rotatable bonds is 14. The van der Waals surface area contributed by atoms with E-state index in [2.05, 4.69) is 33.6 Å². The van der Waals surface area contributed by atoms with E-state index in [1.807, 2.05) is 18.2 Å². The molecule has 13 heteroatoms. The molecule has 0 radical (unpaired) electrons. The van der Waals surface area contributed by atoms with Gasteiger partial charge in [-0.2, -0.15) is 12.6 Å². The second kappa shape index (κ2) is 13.7. The van der Waals surface area contributed by atoms with Crippen molar-refractivity contribution >= 4 is 53.2 Å². The number of aromatic amines is 1. The Morgan fingerprint density at radius 2 is 1.62 bits per heavy atom. The van der Waals surface area contributed by atoms with Gasteiger partial charge < -0.3 is 36.9 Å². The van der Waals surface area contributed by atoms with E-state index in [4.69, 9.17) is 10.8 Å². The number of aliphatic carboxylic acids is 2. The van der Waals surface area contributed by atoms with Gasteiger partial charge in [-0.15, -0.1) is 0 Å². The molecule has 8 N–H and O–H groups in total. The highest BCUT2D eigenvalue weighted by atomic mass is 32.1. The van der Waals surface area contributed by atoms with Gasteiger partial charge in [-0.25, -0.2) is 4.79 Å². The first-order valence-electron chi connectivity index (χ1n) is 11.7. The summed E-state index contributed by atoms with van der Waals surface area (Å²) in [5, 5.41) is 27.0. The van der Waals surface area contributed by atoms with Crippen molar-refractivity contribution in [2.75, 3.05) is 5.75 Å². The molecule has 2 rings (SSSR count). The van der Waals surface area contributed by atoms with Crippen molar-refractivity contribution in [3.05, 3.63) is 36.0 Å². The lowest BCUT2D eigenvalue weighted by Gasteiger charge is -2.26. The molecular formula is C24H33N5O7S. The number of aromatic nitrogens is 1. The van der Waals surface area contributed by atoms with E-state index in [1.54, 1.807) is 26.1 Å². The number of thiol groups is 1. The van der Waals surface area contributed by atoms with Crippen LogP contribution >= 0.6 is 12.6 Å². The number of nitrogens with one attached hydrogen (secondary N) is 4. The highest BCUT2D eigenvalue weighted by molar-refractivity contribution is 7.80. The van der Waals surface area contributed by atoms with E-state index in [0.29, 0.717) is 5.56 Å². The number of nitrogens with two attached hydrogens (primary N) is 1. The smallest absolute Gasteiger partial charge is 0.326 e. The van der Waals surface area contributed by atoms with Crippen molar-refractivity contribution < 1.29 is 34.2 Å². The van der Waals surface area contributed by atoms with Gasteiger partial charge in [0, 0.05) is 35.7 Å². The molecule has 0 spiro atoms. The summed E-state index contributed by atoms with van der Waals surface area (Å²) in [6.07, 6.45) is 0.863. The molecular weight excluding hydrogens is 502 g/mol. The predicted octanol–water partition coefficient (Wildman–Crippen LogP) is 0.0273. The number of para-hydroxylation sites is 1. The second-order valence-corrected chi connectivity index (χ2v) is 9.34. The number of carbonyl (C=O) groups is 5. The number of hydrogen-bond acceptors (Lipinski definition) is 7. The van der Waals surface area contributed by atoms with E-state index in [0.717, 1.165) is 10.9 Å². The van der Waals surface area contributed by atoms with Crippen molar-refractivity contribution in [3.63, 3.8) is 0 Å². The lowest BCUT2D eigenvalue weighted by molar-refractivity contribution is -0.143. The molecule has 4 unspecified atom stereocenters. The lowest BCUT2D eigenvalue weighted by Crippen LogP contribution is -2.58. The Labute approximate surface area is 219 Å². The average Bonchev–Trinajstić information content (AvgIpc) is 3.26. The van der Waals surface area contributed by atoms with Crippen LogP contribution in [0.5, 0.6) is 0 Å². The van der Waals surface area contributed by atoms with Crippen LogP contribution in [0, 0.1) is 5.92 Å². The van der Waals surface area contributed by atoms with Crippen molar-refractivity contribution in [2.24, 2.45) is 11.7 Å². The lowest BCUT2D eigenvalue weighted by atomic mass is 10.0. The van der Waals surface area contributed by atoms with Gasteiger partial charge in [-0.05, 0) is 24.0 Å². The molecule has 12 nitrogen and oxygen atoms in total. The quantitative estimate of drug-likeness (QED) is 0.155. The number of benzene rings is 1. The molecule has 0 aliphatic carbocycles.